The van der Waals surface area contributed by atoms with E-state index in [1.165, 1.54) is 15.6 Å². The Labute approximate surface area is 208 Å². The van der Waals surface area contributed by atoms with Gasteiger partial charge in [-0.1, -0.05) is 18.2 Å². The number of para-hydroxylation sites is 1. The number of nitrogens with one attached hydrogen (secondary N) is 1. The summed E-state index contributed by atoms with van der Waals surface area (Å²) >= 11 is 0. The summed E-state index contributed by atoms with van der Waals surface area (Å²) in [5.74, 6) is -0.241. The molecule has 1 N–H and O–H groups in total. The van der Waals surface area contributed by atoms with Crippen molar-refractivity contribution in [2.45, 2.75) is 32.5 Å². The highest BCUT2D eigenvalue weighted by Crippen LogP contribution is 2.34. The van der Waals surface area contributed by atoms with E-state index in [2.05, 4.69) is 10.4 Å². The van der Waals surface area contributed by atoms with Crippen LogP contribution in [0.25, 0.3) is 0 Å². The van der Waals surface area contributed by atoms with Gasteiger partial charge >= 0.3 is 5.97 Å². The highest BCUT2D eigenvalue weighted by Gasteiger charge is 2.49. The van der Waals surface area contributed by atoms with Crippen molar-refractivity contribution in [1.29, 1.82) is 0 Å². The number of amides is 2. The van der Waals surface area contributed by atoms with E-state index < -0.39 is 23.3 Å². The van der Waals surface area contributed by atoms with Crippen molar-refractivity contribution in [3.05, 3.63) is 71.5 Å². The highest BCUT2D eigenvalue weighted by atomic mass is 16.5. The number of aromatic nitrogens is 2. The van der Waals surface area contributed by atoms with E-state index in [-0.39, 0.29) is 31.1 Å². The maximum Gasteiger partial charge on any atom is 0.358 e. The second-order valence-electron chi connectivity index (χ2n) is 8.40. The zero-order valence-electron chi connectivity index (χ0n) is 20.6. The van der Waals surface area contributed by atoms with Gasteiger partial charge < -0.3 is 19.5 Å². The van der Waals surface area contributed by atoms with Gasteiger partial charge in [0.15, 0.2) is 5.69 Å². The topological polar surface area (TPSA) is 112 Å². The molecule has 0 unspecified atom stereocenters. The van der Waals surface area contributed by atoms with E-state index in [4.69, 9.17) is 14.2 Å². The Morgan fingerprint density at radius 1 is 1.08 bits per heavy atom. The van der Waals surface area contributed by atoms with Crippen LogP contribution in [0.15, 0.2) is 54.6 Å². The smallest absolute Gasteiger partial charge is 0.358 e. The van der Waals surface area contributed by atoms with Crippen LogP contribution in [0.1, 0.15) is 40.4 Å². The molecular weight excluding hydrogens is 464 g/mol. The molecule has 0 bridgehead atoms. The van der Waals surface area contributed by atoms with Gasteiger partial charge in [-0.25, -0.2) is 4.79 Å². The summed E-state index contributed by atoms with van der Waals surface area (Å²) in [6.45, 7) is 3.76. The predicted molar refractivity (Wildman–Crippen MR) is 131 cm³/mol. The molecule has 0 fully saturated rings. The van der Waals surface area contributed by atoms with Crippen LogP contribution in [0, 0.1) is 0 Å². The van der Waals surface area contributed by atoms with E-state index in [0.29, 0.717) is 17.2 Å². The van der Waals surface area contributed by atoms with E-state index >= 15 is 0 Å². The van der Waals surface area contributed by atoms with E-state index in [0.717, 1.165) is 5.56 Å². The van der Waals surface area contributed by atoms with Gasteiger partial charge in [0, 0.05) is 23.9 Å². The fourth-order valence-electron chi connectivity index (χ4n) is 4.24. The van der Waals surface area contributed by atoms with Gasteiger partial charge in [-0.15, -0.1) is 0 Å². The lowest BCUT2D eigenvalue weighted by molar-refractivity contribution is -0.126. The lowest BCUT2D eigenvalue weighted by Crippen LogP contribution is -2.64. The molecule has 1 aliphatic rings. The minimum Gasteiger partial charge on any atom is -0.497 e. The molecule has 1 aromatic heterocycles. The number of fused-ring (bicyclic) bond motifs is 1. The number of hydrogen-bond acceptors (Lipinski definition) is 7. The van der Waals surface area contributed by atoms with Gasteiger partial charge in [0.2, 0.25) is 5.91 Å². The maximum absolute atomic E-state index is 13.7. The summed E-state index contributed by atoms with van der Waals surface area (Å²) in [5.41, 5.74) is 0.122. The van der Waals surface area contributed by atoms with Crippen LogP contribution in [0.2, 0.25) is 0 Å². The molecule has 1 atom stereocenters. The SMILES string of the molecule is CCOC(=O)c1cc2n(n1)C[C@@](C)(C(=O)NCc1ccccc1OC)N(c1ccc(OC)cc1)C2=O. The Hall–Kier alpha value is -4.34. The fourth-order valence-corrected chi connectivity index (χ4v) is 4.24. The Kier molecular flexibility index (Phi) is 6.96. The molecule has 10 heteroatoms. The summed E-state index contributed by atoms with van der Waals surface area (Å²) in [4.78, 5) is 41.1. The molecule has 188 valence electrons. The standard InChI is InChI=1S/C26H28N4O6/c1-5-36-24(32)20-14-21-23(31)30(18-10-12-19(34-3)13-11-18)26(2,16-29(21)28-20)25(33)27-15-17-8-6-7-9-22(17)35-4/h6-14H,5,15-16H2,1-4H3,(H,27,33)/t26-/m0/s1. The number of ether oxygens (including phenoxy) is 3. The first-order valence-electron chi connectivity index (χ1n) is 11.5. The first-order valence-corrected chi connectivity index (χ1v) is 11.5. The van der Waals surface area contributed by atoms with Crippen LogP contribution >= 0.6 is 0 Å². The molecule has 0 radical (unpaired) electrons. The minimum atomic E-state index is -1.36. The number of benzene rings is 2. The van der Waals surface area contributed by atoms with Gasteiger partial charge in [-0.05, 0) is 44.2 Å². The Morgan fingerprint density at radius 3 is 2.47 bits per heavy atom. The second kappa shape index (κ2) is 10.1. The quantitative estimate of drug-likeness (QED) is 0.481. The van der Waals surface area contributed by atoms with E-state index in [9.17, 15) is 14.4 Å². The van der Waals surface area contributed by atoms with Crippen LogP contribution in [-0.2, 0) is 22.6 Å². The molecule has 4 rings (SSSR count). The van der Waals surface area contributed by atoms with Crippen LogP contribution in [-0.4, -0.2) is 53.9 Å². The molecule has 36 heavy (non-hydrogen) atoms. The maximum atomic E-state index is 13.7. The highest BCUT2D eigenvalue weighted by molar-refractivity contribution is 6.12. The first kappa shape index (κ1) is 24.8. The number of rotatable bonds is 8. The summed E-state index contributed by atoms with van der Waals surface area (Å²) in [5, 5.41) is 7.21. The van der Waals surface area contributed by atoms with Gasteiger partial charge in [-0.2, -0.15) is 5.10 Å². The van der Waals surface area contributed by atoms with Crippen molar-refractivity contribution in [2.75, 3.05) is 25.7 Å². The number of carbonyl (C=O) groups is 3. The molecule has 2 amide bonds. The van der Waals surface area contributed by atoms with Crippen molar-refractivity contribution in [1.82, 2.24) is 15.1 Å². The number of nitrogens with zero attached hydrogens (tertiary/aromatic N) is 3. The summed E-state index contributed by atoms with van der Waals surface area (Å²) in [6, 6.07) is 15.6. The van der Waals surface area contributed by atoms with Gasteiger partial charge in [0.1, 0.15) is 22.7 Å². The molecule has 2 heterocycles. The molecule has 0 saturated heterocycles. The molecule has 0 spiro atoms. The summed E-state index contributed by atoms with van der Waals surface area (Å²) in [7, 11) is 3.11. The molecule has 0 saturated carbocycles. The van der Waals surface area contributed by atoms with E-state index in [1.807, 2.05) is 24.3 Å². The Morgan fingerprint density at radius 2 is 1.81 bits per heavy atom. The average molecular weight is 493 g/mol. The molecular formula is C26H28N4O6. The molecule has 2 aromatic carbocycles. The third kappa shape index (κ3) is 4.49. The third-order valence-corrected chi connectivity index (χ3v) is 6.09. The third-order valence-electron chi connectivity index (χ3n) is 6.09. The fraction of sp³-hybridized carbons (Fsp3) is 0.308. The van der Waals surface area contributed by atoms with Crippen LogP contribution in [0.3, 0.4) is 0 Å². The largest absolute Gasteiger partial charge is 0.497 e. The van der Waals surface area contributed by atoms with Crippen molar-refractivity contribution >= 4 is 23.5 Å². The normalized spacial score (nSPS) is 16.8. The molecule has 1 aliphatic heterocycles. The lowest BCUT2D eigenvalue weighted by Gasteiger charge is -2.43. The average Bonchev–Trinajstić information content (AvgIpc) is 3.32. The molecule has 10 nitrogen and oxygen atoms in total. The van der Waals surface area contributed by atoms with Crippen molar-refractivity contribution in [3.8, 4) is 11.5 Å². The van der Waals surface area contributed by atoms with Crippen molar-refractivity contribution in [3.63, 3.8) is 0 Å². The summed E-state index contributed by atoms with van der Waals surface area (Å²) < 4.78 is 17.1. The lowest BCUT2D eigenvalue weighted by atomic mass is 9.93. The zero-order chi connectivity index (χ0) is 25.9. The van der Waals surface area contributed by atoms with Gasteiger partial charge in [0.05, 0.1) is 27.4 Å². The molecule has 3 aromatic rings. The number of anilines is 1. The molecule has 0 aliphatic carbocycles. The zero-order valence-corrected chi connectivity index (χ0v) is 20.6. The monoisotopic (exact) mass is 492 g/mol. The number of esters is 1. The van der Waals surface area contributed by atoms with Crippen LogP contribution in [0.5, 0.6) is 11.5 Å². The van der Waals surface area contributed by atoms with Crippen molar-refractivity contribution < 1.29 is 28.6 Å². The Bertz CT molecular complexity index is 1290. The minimum absolute atomic E-state index is 0.00793. The van der Waals surface area contributed by atoms with Crippen LogP contribution < -0.4 is 19.7 Å². The van der Waals surface area contributed by atoms with Crippen molar-refractivity contribution in [2.24, 2.45) is 0 Å². The number of carbonyl (C=O) groups excluding carboxylic acids is 3. The first-order chi connectivity index (χ1) is 17.3. The Balaban J connectivity index is 1.72. The summed E-state index contributed by atoms with van der Waals surface area (Å²) in [6.07, 6.45) is 0. The number of methoxy groups -OCH3 is 2. The van der Waals surface area contributed by atoms with Gasteiger partial charge in [0.25, 0.3) is 5.91 Å². The van der Waals surface area contributed by atoms with Gasteiger partial charge in [-0.3, -0.25) is 19.2 Å². The van der Waals surface area contributed by atoms with Crippen LogP contribution in [0.4, 0.5) is 5.69 Å². The predicted octanol–water partition coefficient (Wildman–Crippen LogP) is 2.81. The number of hydrogen-bond donors (Lipinski definition) is 1. The van der Waals surface area contributed by atoms with E-state index in [1.54, 1.807) is 52.3 Å². The second-order valence-corrected chi connectivity index (χ2v) is 8.40.